The molecule has 0 spiro atoms. The van der Waals surface area contributed by atoms with Crippen molar-refractivity contribution in [2.75, 3.05) is 59.5 Å². The third-order valence-corrected chi connectivity index (χ3v) is 8.29. The number of hydrogen-bond donors (Lipinski definition) is 2. The van der Waals surface area contributed by atoms with E-state index in [4.69, 9.17) is 4.74 Å². The van der Waals surface area contributed by atoms with Gasteiger partial charge in [-0.1, -0.05) is 32.1 Å². The molecule has 1 saturated carbocycles. The second-order valence-electron chi connectivity index (χ2n) is 10.8. The van der Waals surface area contributed by atoms with Crippen LogP contribution in [0.5, 0.6) is 0 Å². The largest absolute Gasteiger partial charge is 0.378 e. The van der Waals surface area contributed by atoms with Gasteiger partial charge in [0, 0.05) is 32.2 Å². The molecule has 0 bridgehead atoms. The van der Waals surface area contributed by atoms with Crippen molar-refractivity contribution in [2.24, 2.45) is 5.92 Å². The van der Waals surface area contributed by atoms with Crippen LogP contribution in [0.1, 0.15) is 57.8 Å². The van der Waals surface area contributed by atoms with E-state index in [1.807, 2.05) is 0 Å². The summed E-state index contributed by atoms with van der Waals surface area (Å²) in [5.41, 5.74) is -0.880. The highest BCUT2D eigenvalue weighted by Crippen LogP contribution is 2.29. The topological polar surface area (TPSA) is 101 Å². The summed E-state index contributed by atoms with van der Waals surface area (Å²) in [5.74, 6) is 0.228. The molecule has 4 rings (SSSR count). The van der Waals surface area contributed by atoms with Gasteiger partial charge in [-0.15, -0.1) is 0 Å². The van der Waals surface area contributed by atoms with Gasteiger partial charge < -0.3 is 25.2 Å². The third-order valence-electron chi connectivity index (χ3n) is 8.29. The zero-order valence-corrected chi connectivity index (χ0v) is 20.8. The predicted molar refractivity (Wildman–Crippen MR) is 129 cm³/mol. The van der Waals surface area contributed by atoms with Crippen molar-refractivity contribution in [2.45, 2.75) is 75.4 Å². The Balaban J connectivity index is 1.39. The van der Waals surface area contributed by atoms with E-state index in [0.29, 0.717) is 57.6 Å². The van der Waals surface area contributed by atoms with Crippen LogP contribution in [0, 0.1) is 17.2 Å². The lowest BCUT2D eigenvalue weighted by atomic mass is 9.84. The van der Waals surface area contributed by atoms with Gasteiger partial charge in [0.1, 0.15) is 11.6 Å². The molecule has 0 aromatic carbocycles. The lowest BCUT2D eigenvalue weighted by Crippen LogP contribution is -2.59. The van der Waals surface area contributed by atoms with Gasteiger partial charge >= 0.3 is 6.03 Å². The van der Waals surface area contributed by atoms with Crippen LogP contribution < -0.4 is 10.6 Å². The molecule has 0 aromatic rings. The summed E-state index contributed by atoms with van der Waals surface area (Å²) in [6.07, 6.45) is 9.30. The highest BCUT2D eigenvalue weighted by atomic mass is 16.5. The van der Waals surface area contributed by atoms with Gasteiger partial charge in [-0.3, -0.25) is 9.69 Å². The van der Waals surface area contributed by atoms with E-state index in [1.54, 1.807) is 4.90 Å². The van der Waals surface area contributed by atoms with Gasteiger partial charge in [-0.05, 0) is 51.7 Å². The number of piperidine rings is 1. The quantitative estimate of drug-likeness (QED) is 0.606. The minimum atomic E-state index is -0.880. The van der Waals surface area contributed by atoms with E-state index in [2.05, 4.69) is 33.6 Å². The summed E-state index contributed by atoms with van der Waals surface area (Å²) in [6, 6.07) is 2.10. The zero-order valence-electron chi connectivity index (χ0n) is 20.8. The van der Waals surface area contributed by atoms with Crippen LogP contribution in [-0.2, 0) is 9.53 Å². The molecule has 1 aliphatic carbocycles. The summed E-state index contributed by atoms with van der Waals surface area (Å²) in [6.45, 7) is 5.67. The summed E-state index contributed by atoms with van der Waals surface area (Å²) in [7, 11) is 2.15. The number of carbonyl (C=O) groups excluding carboxylic acids is 2. The van der Waals surface area contributed by atoms with Crippen molar-refractivity contribution >= 4 is 11.9 Å². The molecule has 190 valence electrons. The van der Waals surface area contributed by atoms with Crippen molar-refractivity contribution in [3.63, 3.8) is 0 Å². The molecule has 2 N–H and O–H groups in total. The summed E-state index contributed by atoms with van der Waals surface area (Å²) < 4.78 is 5.36. The Bertz CT molecular complexity index is 737. The molecule has 0 aromatic heterocycles. The average Bonchev–Trinajstić information content (AvgIpc) is 3.29. The van der Waals surface area contributed by atoms with Gasteiger partial charge in [0.25, 0.3) is 0 Å². The molecule has 3 amide bonds. The molecule has 3 heterocycles. The fraction of sp³-hybridized carbons (Fsp3) is 0.880. The first kappa shape index (κ1) is 25.2. The number of rotatable bonds is 6. The molecule has 9 nitrogen and oxygen atoms in total. The van der Waals surface area contributed by atoms with Crippen molar-refractivity contribution < 1.29 is 14.3 Å². The lowest BCUT2D eigenvalue weighted by molar-refractivity contribution is -0.124. The van der Waals surface area contributed by atoms with Crippen LogP contribution in [0.3, 0.4) is 0 Å². The van der Waals surface area contributed by atoms with E-state index in [0.717, 1.165) is 45.3 Å². The Morgan fingerprint density at radius 1 is 1.06 bits per heavy atom. The first-order chi connectivity index (χ1) is 16.5. The number of urea groups is 1. The van der Waals surface area contributed by atoms with Gasteiger partial charge in [0.15, 0.2) is 0 Å². The number of nitrogens with zero attached hydrogens (tertiary/aromatic N) is 4. The van der Waals surface area contributed by atoms with Crippen molar-refractivity contribution in [1.82, 2.24) is 25.3 Å². The van der Waals surface area contributed by atoms with Crippen LogP contribution in [0.25, 0.3) is 0 Å². The second kappa shape index (κ2) is 11.7. The predicted octanol–water partition coefficient (Wildman–Crippen LogP) is 1.55. The van der Waals surface area contributed by atoms with Crippen molar-refractivity contribution in [3.05, 3.63) is 0 Å². The fourth-order valence-corrected chi connectivity index (χ4v) is 6.05. The molecule has 3 saturated heterocycles. The van der Waals surface area contributed by atoms with Crippen LogP contribution in [0.15, 0.2) is 0 Å². The number of ether oxygens (including phenoxy) is 1. The Labute approximate surface area is 204 Å². The highest BCUT2D eigenvalue weighted by Gasteiger charge is 2.43. The maximum atomic E-state index is 13.5. The Hall–Kier alpha value is -1.89. The van der Waals surface area contributed by atoms with E-state index in [9.17, 15) is 14.9 Å². The number of likely N-dealkylation sites (tertiary alicyclic amines) is 2. The van der Waals surface area contributed by atoms with Crippen LogP contribution in [-0.4, -0.2) is 104 Å². The Kier molecular flexibility index (Phi) is 8.67. The number of amides is 3. The minimum absolute atomic E-state index is 0.204. The molecule has 34 heavy (non-hydrogen) atoms. The van der Waals surface area contributed by atoms with Crippen LogP contribution in [0.2, 0.25) is 0 Å². The number of hydrogen-bond acceptors (Lipinski definition) is 6. The Morgan fingerprint density at radius 2 is 1.76 bits per heavy atom. The maximum absolute atomic E-state index is 13.5. The van der Waals surface area contributed by atoms with E-state index >= 15 is 0 Å². The first-order valence-corrected chi connectivity index (χ1v) is 13.3. The lowest BCUT2D eigenvalue weighted by Gasteiger charge is -2.36. The molecule has 1 unspecified atom stereocenters. The molecule has 0 radical (unpaired) electrons. The average molecular weight is 475 g/mol. The van der Waals surface area contributed by atoms with E-state index in [1.165, 1.54) is 19.3 Å². The summed E-state index contributed by atoms with van der Waals surface area (Å²) >= 11 is 0. The normalized spacial score (nSPS) is 28.9. The molecule has 4 aliphatic rings. The number of nitriles is 1. The molecule has 9 heteroatoms. The van der Waals surface area contributed by atoms with Crippen molar-refractivity contribution in [3.8, 4) is 6.07 Å². The fourth-order valence-electron chi connectivity index (χ4n) is 6.05. The highest BCUT2D eigenvalue weighted by molar-refractivity contribution is 5.88. The smallest absolute Gasteiger partial charge is 0.318 e. The van der Waals surface area contributed by atoms with E-state index < -0.39 is 11.6 Å². The molecule has 3 aliphatic heterocycles. The van der Waals surface area contributed by atoms with Gasteiger partial charge in [0.05, 0.1) is 19.3 Å². The number of morpholine rings is 1. The maximum Gasteiger partial charge on any atom is 0.318 e. The van der Waals surface area contributed by atoms with Gasteiger partial charge in [0.2, 0.25) is 5.91 Å². The molecule has 2 atom stereocenters. The molecular weight excluding hydrogens is 432 g/mol. The monoisotopic (exact) mass is 474 g/mol. The van der Waals surface area contributed by atoms with Crippen molar-refractivity contribution in [1.29, 1.82) is 5.26 Å². The third kappa shape index (κ3) is 6.41. The number of carbonyl (C=O) groups is 2. The molecular formula is C25H42N6O3. The van der Waals surface area contributed by atoms with E-state index in [-0.39, 0.29) is 11.9 Å². The minimum Gasteiger partial charge on any atom is -0.378 e. The zero-order chi connectivity index (χ0) is 24.0. The van der Waals surface area contributed by atoms with Gasteiger partial charge in [-0.25, -0.2) is 4.79 Å². The summed E-state index contributed by atoms with van der Waals surface area (Å²) in [5, 5.41) is 16.2. The summed E-state index contributed by atoms with van der Waals surface area (Å²) in [4.78, 5) is 32.9. The van der Waals surface area contributed by atoms with Crippen LogP contribution >= 0.6 is 0 Å². The second-order valence-corrected chi connectivity index (χ2v) is 10.8. The molecule has 4 fully saturated rings. The number of nitrogens with one attached hydrogen (secondary N) is 2. The standard InChI is InChI=1S/C25H42N6O3/c1-29-10-7-21(8-11-29)31-12-9-25(18-26,19-31)28-23(32)22(17-20-5-3-2-4-6-20)27-24(33)30-13-15-34-16-14-30/h20-22H,2-17,19H2,1H3,(H,27,33)(H,28,32)/t22-,25?/m0/s1. The SMILES string of the molecule is CN1CCC(N2CCC(C#N)(NC(=O)[C@H](CC3CCCCC3)NC(=O)N3CCOCC3)C2)CC1. The Morgan fingerprint density at radius 3 is 2.44 bits per heavy atom. The van der Waals surface area contributed by atoms with Crippen LogP contribution in [0.4, 0.5) is 4.79 Å². The first-order valence-electron chi connectivity index (χ1n) is 13.3. The van der Waals surface area contributed by atoms with Gasteiger partial charge in [-0.2, -0.15) is 5.26 Å².